The number of hydrogen-bond donors (Lipinski definition) is 1. The van der Waals surface area contributed by atoms with Gasteiger partial charge in [0.15, 0.2) is 0 Å². The molecular weight excluding hydrogens is 377 g/mol. The van der Waals surface area contributed by atoms with E-state index < -0.39 is 24.0 Å². The van der Waals surface area contributed by atoms with Gasteiger partial charge in [0.05, 0.1) is 0 Å². The van der Waals surface area contributed by atoms with Gasteiger partial charge in [-0.2, -0.15) is 0 Å². The third kappa shape index (κ3) is 20.7. The van der Waals surface area contributed by atoms with Gasteiger partial charge in [-0.1, -0.05) is 97.3 Å². The Bertz CT molecular complexity index is 411. The second-order valence-corrected chi connectivity index (χ2v) is 8.59. The van der Waals surface area contributed by atoms with Crippen molar-refractivity contribution < 1.29 is 22.3 Å². The van der Waals surface area contributed by atoms with Gasteiger partial charge in [0.1, 0.15) is 12.0 Å². The maximum atomic E-state index is 11.9. The number of carboxylic acid groups (broad SMARTS) is 1. The minimum Gasteiger partial charge on any atom is -1.00 e. The standard InChI is InChI=1S/C24H46O4.Mg.2H/c1-4-6-8-10-11-12-13-14-16-18-20-24(3,19-17-15-9-7-5-2)28-23(27)21-22(25)26;;;/h4-21H2,1-3H3,(H,25,26);;;/q;+2;2*-1. The first-order chi connectivity index (χ1) is 13.4. The van der Waals surface area contributed by atoms with Gasteiger partial charge in [-0.05, 0) is 32.6 Å². The van der Waals surface area contributed by atoms with E-state index in [1.807, 2.05) is 6.92 Å². The topological polar surface area (TPSA) is 63.6 Å². The van der Waals surface area contributed by atoms with E-state index in [1.165, 1.54) is 70.6 Å². The van der Waals surface area contributed by atoms with Gasteiger partial charge in [-0.3, -0.25) is 9.59 Å². The zero-order valence-electron chi connectivity index (χ0n) is 21.6. The number of carbonyl (C=O) groups is 2. The zero-order chi connectivity index (χ0) is 21.1. The Balaban J connectivity index is -0.00000121. The van der Waals surface area contributed by atoms with Crippen LogP contribution in [0.2, 0.25) is 0 Å². The molecule has 0 fully saturated rings. The summed E-state index contributed by atoms with van der Waals surface area (Å²) in [5.41, 5.74) is -0.515. The Hall–Kier alpha value is -0.294. The summed E-state index contributed by atoms with van der Waals surface area (Å²) in [5, 5.41) is 8.82. The number of carbonyl (C=O) groups excluding carboxylic acids is 1. The molecule has 1 atom stereocenters. The van der Waals surface area contributed by atoms with Crippen molar-refractivity contribution in [2.75, 3.05) is 0 Å². The fraction of sp³-hybridized carbons (Fsp3) is 0.917. The van der Waals surface area contributed by atoms with Crippen LogP contribution in [0.5, 0.6) is 0 Å². The fourth-order valence-electron chi connectivity index (χ4n) is 3.75. The molecule has 0 saturated carbocycles. The molecule has 0 bridgehead atoms. The largest absolute Gasteiger partial charge is 2.00 e. The van der Waals surface area contributed by atoms with E-state index in [0.29, 0.717) is 0 Å². The summed E-state index contributed by atoms with van der Waals surface area (Å²) in [4.78, 5) is 22.7. The Morgan fingerprint density at radius 1 is 0.724 bits per heavy atom. The summed E-state index contributed by atoms with van der Waals surface area (Å²) >= 11 is 0. The van der Waals surface area contributed by atoms with E-state index in [4.69, 9.17) is 9.84 Å². The molecule has 0 rings (SSSR count). The van der Waals surface area contributed by atoms with E-state index >= 15 is 0 Å². The Labute approximate surface area is 199 Å². The van der Waals surface area contributed by atoms with Crippen molar-refractivity contribution in [1.29, 1.82) is 0 Å². The SMILES string of the molecule is CCCCCCCCCCCCC(C)(CCCCCCC)OC(=O)CC(=O)O.[H-].[H-].[Mg+2]. The van der Waals surface area contributed by atoms with Crippen LogP contribution in [0.15, 0.2) is 0 Å². The maximum Gasteiger partial charge on any atom is 2.00 e. The predicted octanol–water partition coefficient (Wildman–Crippen LogP) is 7.28. The molecule has 0 spiro atoms. The Kier molecular flexibility index (Phi) is 22.3. The first kappa shape index (κ1) is 30.9. The number of carboxylic acids is 1. The van der Waals surface area contributed by atoms with Crippen molar-refractivity contribution in [3.05, 3.63) is 0 Å². The number of ether oxygens (including phenoxy) is 1. The molecule has 0 saturated heterocycles. The van der Waals surface area contributed by atoms with Crippen molar-refractivity contribution in [3.8, 4) is 0 Å². The third-order valence-electron chi connectivity index (χ3n) is 5.52. The van der Waals surface area contributed by atoms with Crippen molar-refractivity contribution in [2.24, 2.45) is 0 Å². The molecule has 0 heterocycles. The van der Waals surface area contributed by atoms with Crippen LogP contribution < -0.4 is 0 Å². The molecule has 0 aromatic heterocycles. The summed E-state index contributed by atoms with van der Waals surface area (Å²) in [7, 11) is 0. The van der Waals surface area contributed by atoms with Crippen LogP contribution in [0, 0.1) is 0 Å². The summed E-state index contributed by atoms with van der Waals surface area (Å²) in [6, 6.07) is 0. The van der Waals surface area contributed by atoms with Gasteiger partial charge in [-0.25, -0.2) is 0 Å². The van der Waals surface area contributed by atoms with Gasteiger partial charge >= 0.3 is 35.0 Å². The van der Waals surface area contributed by atoms with Gasteiger partial charge in [0, 0.05) is 0 Å². The molecular formula is C24H48MgO4. The minimum atomic E-state index is -1.12. The number of hydrogen-bond acceptors (Lipinski definition) is 3. The van der Waals surface area contributed by atoms with Crippen molar-refractivity contribution in [1.82, 2.24) is 0 Å². The molecule has 0 aliphatic heterocycles. The number of esters is 1. The van der Waals surface area contributed by atoms with Gasteiger partial charge in [0.2, 0.25) is 0 Å². The molecule has 5 heteroatoms. The monoisotopic (exact) mass is 424 g/mol. The molecule has 1 N–H and O–H groups in total. The summed E-state index contributed by atoms with van der Waals surface area (Å²) in [5.74, 6) is -1.72. The van der Waals surface area contributed by atoms with Crippen molar-refractivity contribution in [3.63, 3.8) is 0 Å². The van der Waals surface area contributed by atoms with Crippen LogP contribution in [0.4, 0.5) is 0 Å². The van der Waals surface area contributed by atoms with E-state index in [9.17, 15) is 9.59 Å². The van der Waals surface area contributed by atoms with E-state index in [0.717, 1.165) is 38.5 Å². The number of unbranched alkanes of at least 4 members (excludes halogenated alkanes) is 13. The maximum absolute atomic E-state index is 11.9. The molecule has 4 nitrogen and oxygen atoms in total. The summed E-state index contributed by atoms with van der Waals surface area (Å²) < 4.78 is 5.62. The summed E-state index contributed by atoms with van der Waals surface area (Å²) in [6.45, 7) is 6.43. The Morgan fingerprint density at radius 3 is 1.41 bits per heavy atom. The fourth-order valence-corrected chi connectivity index (χ4v) is 3.75. The van der Waals surface area contributed by atoms with E-state index in [2.05, 4.69) is 13.8 Å². The second-order valence-electron chi connectivity index (χ2n) is 8.59. The van der Waals surface area contributed by atoms with Crippen LogP contribution in [-0.4, -0.2) is 45.7 Å². The molecule has 0 aromatic carbocycles. The zero-order valence-corrected chi connectivity index (χ0v) is 21.0. The molecule has 170 valence electrons. The van der Waals surface area contributed by atoms with Gasteiger partial charge in [0.25, 0.3) is 0 Å². The van der Waals surface area contributed by atoms with Crippen LogP contribution in [0.1, 0.15) is 139 Å². The third-order valence-corrected chi connectivity index (χ3v) is 5.52. The Morgan fingerprint density at radius 2 is 1.07 bits per heavy atom. The van der Waals surface area contributed by atoms with Crippen LogP contribution >= 0.6 is 0 Å². The molecule has 0 aliphatic rings. The molecule has 0 aromatic rings. The normalized spacial score (nSPS) is 12.8. The number of rotatable bonds is 20. The minimum absolute atomic E-state index is 0. The first-order valence-electron chi connectivity index (χ1n) is 11.9. The molecule has 1 unspecified atom stereocenters. The van der Waals surface area contributed by atoms with E-state index in [-0.39, 0.29) is 25.9 Å². The van der Waals surface area contributed by atoms with E-state index in [1.54, 1.807) is 0 Å². The van der Waals surface area contributed by atoms with Crippen molar-refractivity contribution >= 4 is 35.0 Å². The van der Waals surface area contributed by atoms with Crippen LogP contribution in [-0.2, 0) is 14.3 Å². The average molecular weight is 425 g/mol. The molecule has 29 heavy (non-hydrogen) atoms. The predicted molar refractivity (Wildman–Crippen MR) is 125 cm³/mol. The molecule has 0 aliphatic carbocycles. The smallest absolute Gasteiger partial charge is 1.00 e. The number of aliphatic carboxylic acids is 1. The van der Waals surface area contributed by atoms with Gasteiger partial charge < -0.3 is 12.7 Å². The molecule has 0 amide bonds. The summed E-state index contributed by atoms with van der Waals surface area (Å²) in [6.07, 6.45) is 19.8. The quantitative estimate of drug-likeness (QED) is 0.0964. The molecule has 0 radical (unpaired) electrons. The van der Waals surface area contributed by atoms with Crippen LogP contribution in [0.25, 0.3) is 0 Å². The van der Waals surface area contributed by atoms with Gasteiger partial charge in [-0.15, -0.1) is 0 Å². The first-order valence-corrected chi connectivity index (χ1v) is 11.9. The second kappa shape index (κ2) is 21.0. The van der Waals surface area contributed by atoms with Crippen molar-refractivity contribution in [2.45, 2.75) is 142 Å². The van der Waals surface area contributed by atoms with Crippen LogP contribution in [0.3, 0.4) is 0 Å². The average Bonchev–Trinajstić information content (AvgIpc) is 2.62.